The third-order valence-corrected chi connectivity index (χ3v) is 5.00. The third-order valence-electron chi connectivity index (χ3n) is 4.08. The van der Waals surface area contributed by atoms with Gasteiger partial charge in [0, 0.05) is 18.3 Å². The second kappa shape index (κ2) is 9.26. The molecule has 7 heteroatoms. The van der Waals surface area contributed by atoms with Gasteiger partial charge < -0.3 is 4.74 Å². The highest BCUT2D eigenvalue weighted by atomic mass is 35.5. The molecule has 0 amide bonds. The van der Waals surface area contributed by atoms with Gasteiger partial charge in [0.05, 0.1) is 11.3 Å². The number of anilines is 1. The zero-order valence-electron chi connectivity index (χ0n) is 15.3. The SMILES string of the molecule is CC(COc1ccccc1Cl)N(C)CCc1ccc(NS(C)(=O)=O)cc1. The van der Waals surface area contributed by atoms with Crippen molar-refractivity contribution in [2.24, 2.45) is 0 Å². The number of ether oxygens (including phenoxy) is 1. The molecule has 0 bridgehead atoms. The first-order chi connectivity index (χ1) is 12.2. The molecule has 1 atom stereocenters. The highest BCUT2D eigenvalue weighted by Gasteiger charge is 2.11. The second-order valence-corrected chi connectivity index (χ2v) is 8.55. The Bertz CT molecular complexity index is 810. The largest absolute Gasteiger partial charge is 0.490 e. The summed E-state index contributed by atoms with van der Waals surface area (Å²) >= 11 is 6.10. The first kappa shape index (κ1) is 20.6. The molecule has 0 aliphatic heterocycles. The Morgan fingerprint density at radius 3 is 2.42 bits per heavy atom. The molecule has 0 radical (unpaired) electrons. The van der Waals surface area contributed by atoms with Crippen molar-refractivity contribution in [3.63, 3.8) is 0 Å². The summed E-state index contributed by atoms with van der Waals surface area (Å²) in [6, 6.07) is 15.1. The van der Waals surface area contributed by atoms with Crippen LogP contribution in [-0.4, -0.2) is 45.8 Å². The molecule has 2 rings (SSSR count). The minimum Gasteiger partial charge on any atom is -0.490 e. The van der Waals surface area contributed by atoms with Crippen LogP contribution in [-0.2, 0) is 16.4 Å². The molecular weight excluding hydrogens is 372 g/mol. The van der Waals surface area contributed by atoms with Gasteiger partial charge in [-0.3, -0.25) is 9.62 Å². The van der Waals surface area contributed by atoms with Gasteiger partial charge >= 0.3 is 0 Å². The van der Waals surface area contributed by atoms with Crippen LogP contribution >= 0.6 is 11.6 Å². The van der Waals surface area contributed by atoms with E-state index in [0.29, 0.717) is 23.1 Å². The van der Waals surface area contributed by atoms with Crippen LogP contribution in [0.5, 0.6) is 5.75 Å². The lowest BCUT2D eigenvalue weighted by molar-refractivity contribution is 0.174. The lowest BCUT2D eigenvalue weighted by Crippen LogP contribution is -2.35. The van der Waals surface area contributed by atoms with Gasteiger partial charge in [-0.25, -0.2) is 8.42 Å². The summed E-state index contributed by atoms with van der Waals surface area (Å²) < 4.78 is 30.7. The van der Waals surface area contributed by atoms with E-state index >= 15 is 0 Å². The van der Waals surface area contributed by atoms with Crippen molar-refractivity contribution in [2.75, 3.05) is 31.2 Å². The average Bonchev–Trinajstić information content (AvgIpc) is 2.58. The molecule has 0 saturated heterocycles. The minimum atomic E-state index is -3.24. The van der Waals surface area contributed by atoms with Crippen LogP contribution in [0.25, 0.3) is 0 Å². The molecule has 0 aliphatic rings. The van der Waals surface area contributed by atoms with Gasteiger partial charge in [0.1, 0.15) is 12.4 Å². The summed E-state index contributed by atoms with van der Waals surface area (Å²) in [5, 5.41) is 0.616. The van der Waals surface area contributed by atoms with Crippen molar-refractivity contribution in [3.05, 3.63) is 59.1 Å². The monoisotopic (exact) mass is 396 g/mol. The Kier molecular flexibility index (Phi) is 7.32. The maximum Gasteiger partial charge on any atom is 0.229 e. The molecule has 1 N–H and O–H groups in total. The van der Waals surface area contributed by atoms with Crippen LogP contribution in [0.15, 0.2) is 48.5 Å². The molecule has 2 aromatic carbocycles. The van der Waals surface area contributed by atoms with E-state index < -0.39 is 10.0 Å². The maximum absolute atomic E-state index is 11.2. The highest BCUT2D eigenvalue weighted by molar-refractivity contribution is 7.92. The van der Waals surface area contributed by atoms with E-state index in [1.165, 1.54) is 0 Å². The molecular formula is C19H25ClN2O3S. The Labute approximate surface area is 161 Å². The van der Waals surface area contributed by atoms with Gasteiger partial charge in [0.25, 0.3) is 0 Å². The Hall–Kier alpha value is -1.76. The summed E-state index contributed by atoms with van der Waals surface area (Å²) in [6.45, 7) is 3.53. The van der Waals surface area contributed by atoms with E-state index in [2.05, 4.69) is 23.6 Å². The predicted octanol–water partition coefficient (Wildman–Crippen LogP) is 3.65. The molecule has 1 unspecified atom stereocenters. The van der Waals surface area contributed by atoms with Crippen LogP contribution in [0.1, 0.15) is 12.5 Å². The number of likely N-dealkylation sites (N-methyl/N-ethyl adjacent to an activating group) is 1. The van der Waals surface area contributed by atoms with Crippen LogP contribution < -0.4 is 9.46 Å². The first-order valence-electron chi connectivity index (χ1n) is 8.39. The molecule has 26 heavy (non-hydrogen) atoms. The molecule has 142 valence electrons. The van der Waals surface area contributed by atoms with Crippen molar-refractivity contribution in [3.8, 4) is 5.75 Å². The number of sulfonamides is 1. The summed E-state index contributed by atoms with van der Waals surface area (Å²) in [6.07, 6.45) is 2.01. The highest BCUT2D eigenvalue weighted by Crippen LogP contribution is 2.23. The summed E-state index contributed by atoms with van der Waals surface area (Å²) in [5.41, 5.74) is 1.72. The van der Waals surface area contributed by atoms with E-state index in [1.54, 1.807) is 12.1 Å². The third kappa shape index (κ3) is 6.86. The van der Waals surface area contributed by atoms with Crippen LogP contribution in [0, 0.1) is 0 Å². The van der Waals surface area contributed by atoms with Crippen molar-refractivity contribution >= 4 is 27.3 Å². The average molecular weight is 397 g/mol. The number of hydrogen-bond acceptors (Lipinski definition) is 4. The van der Waals surface area contributed by atoms with Crippen molar-refractivity contribution in [2.45, 2.75) is 19.4 Å². The lowest BCUT2D eigenvalue weighted by atomic mass is 10.1. The number of nitrogens with one attached hydrogen (secondary N) is 1. The van der Waals surface area contributed by atoms with Crippen LogP contribution in [0.3, 0.4) is 0 Å². The zero-order chi connectivity index (χ0) is 19.2. The lowest BCUT2D eigenvalue weighted by Gasteiger charge is -2.25. The summed E-state index contributed by atoms with van der Waals surface area (Å²) in [5.74, 6) is 0.698. The van der Waals surface area contributed by atoms with Crippen LogP contribution in [0.2, 0.25) is 5.02 Å². The minimum absolute atomic E-state index is 0.234. The molecule has 5 nitrogen and oxygen atoms in total. The quantitative estimate of drug-likeness (QED) is 0.702. The van der Waals surface area contributed by atoms with Gasteiger partial charge in [-0.2, -0.15) is 0 Å². The normalized spacial score (nSPS) is 12.8. The van der Waals surface area contributed by atoms with Gasteiger partial charge in [-0.1, -0.05) is 35.9 Å². The molecule has 0 fully saturated rings. The van der Waals surface area contributed by atoms with E-state index in [1.807, 2.05) is 36.4 Å². The second-order valence-electron chi connectivity index (χ2n) is 6.39. The van der Waals surface area contributed by atoms with E-state index in [4.69, 9.17) is 16.3 Å². The van der Waals surface area contributed by atoms with Crippen molar-refractivity contribution < 1.29 is 13.2 Å². The number of nitrogens with zero attached hydrogens (tertiary/aromatic N) is 1. The van der Waals surface area contributed by atoms with E-state index in [9.17, 15) is 8.42 Å². The molecule has 0 aliphatic carbocycles. The fourth-order valence-corrected chi connectivity index (χ4v) is 3.13. The predicted molar refractivity (Wildman–Crippen MR) is 108 cm³/mol. The smallest absolute Gasteiger partial charge is 0.229 e. The number of benzene rings is 2. The van der Waals surface area contributed by atoms with Crippen LogP contribution in [0.4, 0.5) is 5.69 Å². The number of para-hydroxylation sites is 1. The fraction of sp³-hybridized carbons (Fsp3) is 0.368. The summed E-state index contributed by atoms with van der Waals surface area (Å²) in [4.78, 5) is 2.22. The van der Waals surface area contributed by atoms with Gasteiger partial charge in [0.2, 0.25) is 10.0 Å². The Balaban J connectivity index is 1.80. The fourth-order valence-electron chi connectivity index (χ4n) is 2.38. The Morgan fingerprint density at radius 1 is 1.15 bits per heavy atom. The topological polar surface area (TPSA) is 58.6 Å². The standard InChI is InChI=1S/C19H25ClN2O3S/c1-15(14-25-19-7-5-4-6-18(19)20)22(2)13-12-16-8-10-17(11-9-16)21-26(3,23)24/h4-11,15,21H,12-14H2,1-3H3. The number of hydrogen-bond donors (Lipinski definition) is 1. The molecule has 0 spiro atoms. The molecule has 2 aromatic rings. The van der Waals surface area contributed by atoms with E-state index in [-0.39, 0.29) is 6.04 Å². The molecule has 0 aromatic heterocycles. The van der Waals surface area contributed by atoms with E-state index in [0.717, 1.165) is 24.8 Å². The Morgan fingerprint density at radius 2 is 1.81 bits per heavy atom. The van der Waals surface area contributed by atoms with Gasteiger partial charge in [-0.15, -0.1) is 0 Å². The maximum atomic E-state index is 11.2. The zero-order valence-corrected chi connectivity index (χ0v) is 16.8. The van der Waals surface area contributed by atoms with Gasteiger partial charge in [-0.05, 0) is 50.2 Å². The van der Waals surface area contributed by atoms with Crippen molar-refractivity contribution in [1.82, 2.24) is 4.90 Å². The molecule has 0 saturated carbocycles. The number of halogens is 1. The van der Waals surface area contributed by atoms with Crippen molar-refractivity contribution in [1.29, 1.82) is 0 Å². The van der Waals surface area contributed by atoms with Gasteiger partial charge in [0.15, 0.2) is 0 Å². The summed E-state index contributed by atoms with van der Waals surface area (Å²) in [7, 11) is -1.19. The number of rotatable bonds is 9. The first-order valence-corrected chi connectivity index (χ1v) is 10.7. The molecule has 0 heterocycles.